The van der Waals surface area contributed by atoms with Crippen LogP contribution in [-0.4, -0.2) is 41.8 Å². The molecule has 1 aromatic heterocycles. The SMILES string of the molecule is O=C(c1ccc(OC(F)(F)F)cc1)N1CCCC(COc2ccncc2)C1. The van der Waals surface area contributed by atoms with Crippen molar-refractivity contribution < 1.29 is 27.4 Å². The second-order valence-electron chi connectivity index (χ2n) is 6.33. The topological polar surface area (TPSA) is 51.7 Å². The summed E-state index contributed by atoms with van der Waals surface area (Å²) in [7, 11) is 0. The highest BCUT2D eigenvalue weighted by Crippen LogP contribution is 2.24. The monoisotopic (exact) mass is 380 g/mol. The second kappa shape index (κ2) is 8.28. The number of benzene rings is 1. The van der Waals surface area contributed by atoms with Crippen molar-refractivity contribution in [1.82, 2.24) is 9.88 Å². The molecule has 1 aliphatic rings. The van der Waals surface area contributed by atoms with Crippen LogP contribution in [0.5, 0.6) is 11.5 Å². The molecule has 1 saturated heterocycles. The first-order valence-electron chi connectivity index (χ1n) is 8.58. The van der Waals surface area contributed by atoms with Crippen LogP contribution in [0.3, 0.4) is 0 Å². The van der Waals surface area contributed by atoms with Crippen molar-refractivity contribution in [3.8, 4) is 11.5 Å². The molecule has 1 unspecified atom stereocenters. The normalized spacial score (nSPS) is 17.4. The average molecular weight is 380 g/mol. The van der Waals surface area contributed by atoms with Crippen molar-refractivity contribution in [2.24, 2.45) is 5.92 Å². The molecule has 0 saturated carbocycles. The van der Waals surface area contributed by atoms with E-state index < -0.39 is 6.36 Å². The quantitative estimate of drug-likeness (QED) is 0.789. The standard InChI is InChI=1S/C19H19F3N2O3/c20-19(21,22)27-17-5-3-15(4-6-17)18(25)24-11-1-2-14(12-24)13-26-16-7-9-23-10-8-16/h3-10,14H,1-2,11-13H2. The van der Waals surface area contributed by atoms with E-state index in [1.807, 2.05) is 0 Å². The molecule has 1 aliphatic heterocycles. The maximum absolute atomic E-state index is 12.6. The molecule has 8 heteroatoms. The number of amides is 1. The van der Waals surface area contributed by atoms with E-state index in [-0.39, 0.29) is 17.6 Å². The molecule has 0 bridgehead atoms. The number of alkyl halides is 3. The van der Waals surface area contributed by atoms with Crippen LogP contribution >= 0.6 is 0 Å². The lowest BCUT2D eigenvalue weighted by atomic mass is 9.98. The summed E-state index contributed by atoms with van der Waals surface area (Å²) in [5.41, 5.74) is 0.334. The molecule has 144 valence electrons. The van der Waals surface area contributed by atoms with Crippen LogP contribution in [0.25, 0.3) is 0 Å². The molecular formula is C19H19F3N2O3. The molecule has 5 nitrogen and oxygen atoms in total. The van der Waals surface area contributed by atoms with E-state index in [9.17, 15) is 18.0 Å². The van der Waals surface area contributed by atoms with Gasteiger partial charge < -0.3 is 14.4 Å². The Kier molecular flexibility index (Phi) is 5.83. The number of rotatable bonds is 5. The Morgan fingerprint density at radius 1 is 1.11 bits per heavy atom. The number of hydrogen-bond donors (Lipinski definition) is 0. The van der Waals surface area contributed by atoms with Gasteiger partial charge in [-0.3, -0.25) is 9.78 Å². The van der Waals surface area contributed by atoms with Crippen molar-refractivity contribution in [3.05, 3.63) is 54.4 Å². The molecule has 2 heterocycles. The molecule has 0 aliphatic carbocycles. The van der Waals surface area contributed by atoms with E-state index in [1.165, 1.54) is 12.1 Å². The number of piperidine rings is 1. The number of hydrogen-bond acceptors (Lipinski definition) is 4. The summed E-state index contributed by atoms with van der Waals surface area (Å²) < 4.78 is 46.2. The molecular weight excluding hydrogens is 361 g/mol. The summed E-state index contributed by atoms with van der Waals surface area (Å²) in [6, 6.07) is 8.54. The van der Waals surface area contributed by atoms with E-state index in [4.69, 9.17) is 4.74 Å². The number of likely N-dealkylation sites (tertiary alicyclic amines) is 1. The van der Waals surface area contributed by atoms with Gasteiger partial charge in [0.05, 0.1) is 6.61 Å². The third kappa shape index (κ3) is 5.60. The minimum atomic E-state index is -4.75. The third-order valence-electron chi connectivity index (χ3n) is 4.28. The summed E-state index contributed by atoms with van der Waals surface area (Å²) >= 11 is 0. The highest BCUT2D eigenvalue weighted by Gasteiger charge is 2.31. The third-order valence-corrected chi connectivity index (χ3v) is 4.28. The minimum absolute atomic E-state index is 0.198. The van der Waals surface area contributed by atoms with Gasteiger partial charge in [0.1, 0.15) is 11.5 Å². The Labute approximate surface area is 154 Å². The number of halogens is 3. The lowest BCUT2D eigenvalue weighted by Gasteiger charge is -2.32. The fraction of sp³-hybridized carbons (Fsp3) is 0.368. The summed E-state index contributed by atoms with van der Waals surface area (Å²) in [4.78, 5) is 18.3. The molecule has 2 aromatic rings. The van der Waals surface area contributed by atoms with Crippen molar-refractivity contribution in [1.29, 1.82) is 0 Å². The summed E-state index contributed by atoms with van der Waals surface area (Å²) in [6.45, 7) is 1.66. The van der Waals surface area contributed by atoms with Crippen LogP contribution in [0.4, 0.5) is 13.2 Å². The Morgan fingerprint density at radius 3 is 2.48 bits per heavy atom. The Bertz CT molecular complexity index is 751. The number of nitrogens with zero attached hydrogens (tertiary/aromatic N) is 2. The molecule has 0 radical (unpaired) electrons. The molecule has 1 aromatic carbocycles. The predicted molar refractivity (Wildman–Crippen MR) is 91.5 cm³/mol. The van der Waals surface area contributed by atoms with E-state index in [1.54, 1.807) is 29.4 Å². The van der Waals surface area contributed by atoms with Gasteiger partial charge in [0.25, 0.3) is 5.91 Å². The second-order valence-corrected chi connectivity index (χ2v) is 6.33. The Hall–Kier alpha value is -2.77. The molecule has 27 heavy (non-hydrogen) atoms. The van der Waals surface area contributed by atoms with Crippen molar-refractivity contribution in [3.63, 3.8) is 0 Å². The van der Waals surface area contributed by atoms with Gasteiger partial charge in [0, 0.05) is 37.0 Å². The number of carbonyl (C=O) groups is 1. The van der Waals surface area contributed by atoms with Gasteiger partial charge in [-0.25, -0.2) is 0 Å². The molecule has 1 atom stereocenters. The number of ether oxygens (including phenoxy) is 2. The Morgan fingerprint density at radius 2 is 1.81 bits per heavy atom. The van der Waals surface area contributed by atoms with Crippen molar-refractivity contribution in [2.75, 3.05) is 19.7 Å². The van der Waals surface area contributed by atoms with E-state index >= 15 is 0 Å². The number of aromatic nitrogens is 1. The van der Waals surface area contributed by atoms with Gasteiger partial charge >= 0.3 is 6.36 Å². The fourth-order valence-electron chi connectivity index (χ4n) is 3.02. The molecule has 1 amide bonds. The van der Waals surface area contributed by atoms with Gasteiger partial charge in [0.15, 0.2) is 0 Å². The van der Waals surface area contributed by atoms with E-state index in [2.05, 4.69) is 9.72 Å². The molecule has 1 fully saturated rings. The van der Waals surface area contributed by atoms with Gasteiger partial charge in [-0.2, -0.15) is 0 Å². The summed E-state index contributed by atoms with van der Waals surface area (Å²) in [6.07, 6.45) is 0.357. The van der Waals surface area contributed by atoms with Gasteiger partial charge in [-0.05, 0) is 49.2 Å². The largest absolute Gasteiger partial charge is 0.573 e. The first-order chi connectivity index (χ1) is 12.9. The van der Waals surface area contributed by atoms with Crippen molar-refractivity contribution in [2.45, 2.75) is 19.2 Å². The van der Waals surface area contributed by atoms with Crippen LogP contribution in [0.2, 0.25) is 0 Å². The van der Waals surface area contributed by atoms with Crippen LogP contribution in [0, 0.1) is 5.92 Å². The highest BCUT2D eigenvalue weighted by molar-refractivity contribution is 5.94. The zero-order valence-corrected chi connectivity index (χ0v) is 14.5. The highest BCUT2D eigenvalue weighted by atomic mass is 19.4. The van der Waals surface area contributed by atoms with Crippen LogP contribution in [0.1, 0.15) is 23.2 Å². The number of carbonyl (C=O) groups excluding carboxylic acids is 1. The summed E-state index contributed by atoms with van der Waals surface area (Å²) in [5, 5.41) is 0. The Balaban J connectivity index is 1.56. The zero-order chi connectivity index (χ0) is 19.3. The van der Waals surface area contributed by atoms with Crippen LogP contribution < -0.4 is 9.47 Å². The maximum atomic E-state index is 12.6. The zero-order valence-electron chi connectivity index (χ0n) is 14.5. The molecule has 3 rings (SSSR count). The first-order valence-corrected chi connectivity index (χ1v) is 8.58. The molecule has 0 spiro atoms. The lowest BCUT2D eigenvalue weighted by molar-refractivity contribution is -0.274. The van der Waals surface area contributed by atoms with Gasteiger partial charge in [0.2, 0.25) is 0 Å². The number of pyridine rings is 1. The predicted octanol–water partition coefficient (Wildman–Crippen LogP) is 3.91. The van der Waals surface area contributed by atoms with E-state index in [0.717, 1.165) is 30.7 Å². The maximum Gasteiger partial charge on any atom is 0.573 e. The van der Waals surface area contributed by atoms with E-state index in [0.29, 0.717) is 25.3 Å². The van der Waals surface area contributed by atoms with Crippen LogP contribution in [0.15, 0.2) is 48.8 Å². The smallest absolute Gasteiger partial charge is 0.493 e. The van der Waals surface area contributed by atoms with Gasteiger partial charge in [-0.1, -0.05) is 0 Å². The first kappa shape index (κ1) is 19.0. The van der Waals surface area contributed by atoms with Gasteiger partial charge in [-0.15, -0.1) is 13.2 Å². The van der Waals surface area contributed by atoms with Crippen molar-refractivity contribution >= 4 is 5.91 Å². The summed E-state index contributed by atoms with van der Waals surface area (Å²) in [5.74, 6) is 0.376. The average Bonchev–Trinajstić information content (AvgIpc) is 2.66. The van der Waals surface area contributed by atoms with Crippen LogP contribution in [-0.2, 0) is 0 Å². The fourth-order valence-corrected chi connectivity index (χ4v) is 3.02. The minimum Gasteiger partial charge on any atom is -0.493 e. The molecule has 0 N–H and O–H groups in total. The lowest BCUT2D eigenvalue weighted by Crippen LogP contribution is -2.41.